The van der Waals surface area contributed by atoms with E-state index in [1.54, 1.807) is 4.68 Å². The van der Waals surface area contributed by atoms with Crippen molar-refractivity contribution in [2.24, 2.45) is 7.05 Å². The Hall–Kier alpha value is -1.62. The maximum absolute atomic E-state index is 12.5. The number of carbonyl (C=O) groups excluding carboxylic acids is 1. The van der Waals surface area contributed by atoms with Gasteiger partial charge < -0.3 is 5.32 Å². The molecular formula is C16H18BrN3O. The van der Waals surface area contributed by atoms with Gasteiger partial charge >= 0.3 is 0 Å². The molecule has 3 rings (SSSR count). The van der Waals surface area contributed by atoms with Gasteiger partial charge in [0.2, 0.25) is 0 Å². The Morgan fingerprint density at radius 2 is 2.29 bits per heavy atom. The minimum Gasteiger partial charge on any atom is -0.384 e. The summed E-state index contributed by atoms with van der Waals surface area (Å²) in [5.41, 5.74) is 5.11. The molecule has 0 spiro atoms. The molecule has 0 unspecified atom stereocenters. The van der Waals surface area contributed by atoms with Crippen LogP contribution in [0.5, 0.6) is 0 Å². The number of anilines is 1. The van der Waals surface area contributed by atoms with E-state index in [-0.39, 0.29) is 5.78 Å². The Labute approximate surface area is 132 Å². The van der Waals surface area contributed by atoms with E-state index in [1.807, 2.05) is 25.2 Å². The van der Waals surface area contributed by atoms with Crippen molar-refractivity contribution >= 4 is 27.4 Å². The maximum atomic E-state index is 12.5. The van der Waals surface area contributed by atoms with Crippen LogP contribution in [0.2, 0.25) is 0 Å². The molecule has 1 N–H and O–H groups in total. The Bertz CT molecular complexity index is 706. The van der Waals surface area contributed by atoms with Gasteiger partial charge in [0.15, 0.2) is 5.78 Å². The van der Waals surface area contributed by atoms with Crippen LogP contribution in [0.25, 0.3) is 0 Å². The number of nitrogens with zero attached hydrogens (tertiary/aromatic N) is 2. The van der Waals surface area contributed by atoms with Gasteiger partial charge in [-0.1, -0.05) is 6.92 Å². The number of aromatic nitrogens is 2. The topological polar surface area (TPSA) is 46.9 Å². The standard InChI is InChI=1S/C16H18BrN3O/c1-3-12-16(17)14(20(2)19-12)9-15(21)11-4-5-13-10(8-11)6-7-18-13/h4-5,8,18H,3,6-7,9H2,1-2H3. The molecule has 110 valence electrons. The van der Waals surface area contributed by atoms with Gasteiger partial charge in [0.05, 0.1) is 22.3 Å². The molecule has 0 radical (unpaired) electrons. The van der Waals surface area contributed by atoms with Gasteiger partial charge in [0.1, 0.15) is 0 Å². The molecule has 21 heavy (non-hydrogen) atoms. The van der Waals surface area contributed by atoms with Crippen LogP contribution < -0.4 is 5.32 Å². The van der Waals surface area contributed by atoms with Gasteiger partial charge in [-0.2, -0.15) is 5.10 Å². The summed E-state index contributed by atoms with van der Waals surface area (Å²) in [6, 6.07) is 5.93. The predicted molar refractivity (Wildman–Crippen MR) is 87.0 cm³/mol. The Kier molecular flexibility index (Phi) is 3.85. The van der Waals surface area contributed by atoms with Crippen LogP contribution in [0.3, 0.4) is 0 Å². The maximum Gasteiger partial charge on any atom is 0.168 e. The van der Waals surface area contributed by atoms with Crippen LogP contribution in [0, 0.1) is 0 Å². The van der Waals surface area contributed by atoms with Crippen molar-refractivity contribution in [1.82, 2.24) is 9.78 Å². The highest BCUT2D eigenvalue weighted by Crippen LogP contribution is 2.26. The molecule has 0 fully saturated rings. The highest BCUT2D eigenvalue weighted by molar-refractivity contribution is 9.10. The Morgan fingerprint density at radius 1 is 1.48 bits per heavy atom. The summed E-state index contributed by atoms with van der Waals surface area (Å²) in [6.07, 6.45) is 2.22. The number of aryl methyl sites for hydroxylation is 2. The smallest absolute Gasteiger partial charge is 0.168 e. The van der Waals surface area contributed by atoms with E-state index < -0.39 is 0 Å². The first-order valence-electron chi connectivity index (χ1n) is 7.20. The van der Waals surface area contributed by atoms with Crippen molar-refractivity contribution in [3.8, 4) is 0 Å². The van der Waals surface area contributed by atoms with E-state index in [0.29, 0.717) is 6.42 Å². The fraction of sp³-hybridized carbons (Fsp3) is 0.375. The first kappa shape index (κ1) is 14.3. The Balaban J connectivity index is 1.85. The number of benzene rings is 1. The largest absolute Gasteiger partial charge is 0.384 e. The fourth-order valence-corrected chi connectivity index (χ4v) is 3.50. The van der Waals surface area contributed by atoms with Gasteiger partial charge in [0, 0.05) is 24.8 Å². The molecule has 0 bridgehead atoms. The van der Waals surface area contributed by atoms with Crippen LogP contribution in [0.4, 0.5) is 5.69 Å². The normalized spacial score (nSPS) is 13.1. The third-order valence-corrected chi connectivity index (χ3v) is 4.88. The summed E-state index contributed by atoms with van der Waals surface area (Å²) in [5, 5.41) is 7.75. The van der Waals surface area contributed by atoms with Crippen molar-refractivity contribution in [2.45, 2.75) is 26.2 Å². The molecule has 4 nitrogen and oxygen atoms in total. The number of hydrogen-bond donors (Lipinski definition) is 1. The third kappa shape index (κ3) is 2.62. The molecule has 5 heteroatoms. The van der Waals surface area contributed by atoms with Crippen LogP contribution in [-0.4, -0.2) is 22.1 Å². The van der Waals surface area contributed by atoms with E-state index in [4.69, 9.17) is 0 Å². The predicted octanol–water partition coefficient (Wildman–Crippen LogP) is 3.14. The van der Waals surface area contributed by atoms with Crippen LogP contribution >= 0.6 is 15.9 Å². The summed E-state index contributed by atoms with van der Waals surface area (Å²) >= 11 is 3.57. The number of ketones is 1. The summed E-state index contributed by atoms with van der Waals surface area (Å²) in [7, 11) is 1.89. The van der Waals surface area contributed by atoms with Crippen LogP contribution in [0.1, 0.15) is 34.2 Å². The van der Waals surface area contributed by atoms with Crippen molar-refractivity contribution < 1.29 is 4.79 Å². The van der Waals surface area contributed by atoms with Crippen molar-refractivity contribution in [3.05, 3.63) is 45.2 Å². The van der Waals surface area contributed by atoms with Crippen molar-refractivity contribution in [1.29, 1.82) is 0 Å². The Morgan fingerprint density at radius 3 is 3.00 bits per heavy atom. The van der Waals surface area contributed by atoms with Gasteiger partial charge in [-0.25, -0.2) is 0 Å². The first-order chi connectivity index (χ1) is 10.1. The monoisotopic (exact) mass is 347 g/mol. The van der Waals surface area contributed by atoms with E-state index in [9.17, 15) is 4.79 Å². The van der Waals surface area contributed by atoms with E-state index in [1.165, 1.54) is 5.56 Å². The highest BCUT2D eigenvalue weighted by atomic mass is 79.9. The number of fused-ring (bicyclic) bond motifs is 1. The summed E-state index contributed by atoms with van der Waals surface area (Å²) in [6.45, 7) is 3.02. The lowest BCUT2D eigenvalue weighted by molar-refractivity contribution is 0.0990. The molecule has 1 aromatic heterocycles. The molecule has 2 heterocycles. The second-order valence-electron chi connectivity index (χ2n) is 5.33. The molecule has 2 aromatic rings. The molecule has 0 saturated heterocycles. The fourth-order valence-electron chi connectivity index (χ4n) is 2.74. The third-order valence-electron chi connectivity index (χ3n) is 3.97. The lowest BCUT2D eigenvalue weighted by atomic mass is 10.0. The molecular weight excluding hydrogens is 330 g/mol. The van der Waals surface area contributed by atoms with Crippen molar-refractivity contribution in [2.75, 3.05) is 11.9 Å². The van der Waals surface area contributed by atoms with Crippen molar-refractivity contribution in [3.63, 3.8) is 0 Å². The average molecular weight is 348 g/mol. The second kappa shape index (κ2) is 5.64. The molecule has 0 amide bonds. The quantitative estimate of drug-likeness (QED) is 0.864. The van der Waals surface area contributed by atoms with E-state index >= 15 is 0 Å². The molecule has 1 aromatic carbocycles. The molecule has 0 aliphatic carbocycles. The number of Topliss-reactive ketones (excluding diaryl/α,β-unsaturated/α-hetero) is 1. The van der Waals surface area contributed by atoms with Gasteiger partial charge in [-0.15, -0.1) is 0 Å². The first-order valence-corrected chi connectivity index (χ1v) is 7.99. The zero-order chi connectivity index (χ0) is 15.0. The molecule has 0 saturated carbocycles. The lowest BCUT2D eigenvalue weighted by Crippen LogP contribution is -2.08. The highest BCUT2D eigenvalue weighted by Gasteiger charge is 2.18. The van der Waals surface area contributed by atoms with E-state index in [2.05, 4.69) is 33.3 Å². The zero-order valence-electron chi connectivity index (χ0n) is 12.2. The average Bonchev–Trinajstić information content (AvgIpc) is 3.05. The summed E-state index contributed by atoms with van der Waals surface area (Å²) in [5.74, 6) is 0.135. The minimum absolute atomic E-state index is 0.135. The lowest BCUT2D eigenvalue weighted by Gasteiger charge is -2.05. The number of carbonyl (C=O) groups is 1. The van der Waals surface area contributed by atoms with Crippen LogP contribution in [0.15, 0.2) is 22.7 Å². The number of nitrogens with one attached hydrogen (secondary N) is 1. The summed E-state index contributed by atoms with van der Waals surface area (Å²) in [4.78, 5) is 12.5. The number of hydrogen-bond acceptors (Lipinski definition) is 3. The number of halogens is 1. The van der Waals surface area contributed by atoms with Gasteiger partial charge in [0.25, 0.3) is 0 Å². The minimum atomic E-state index is 0.135. The molecule has 1 aliphatic rings. The summed E-state index contributed by atoms with van der Waals surface area (Å²) < 4.78 is 2.76. The number of rotatable bonds is 4. The zero-order valence-corrected chi connectivity index (χ0v) is 13.8. The van der Waals surface area contributed by atoms with Gasteiger partial charge in [-0.3, -0.25) is 9.48 Å². The molecule has 1 aliphatic heterocycles. The van der Waals surface area contributed by atoms with Gasteiger partial charge in [-0.05, 0) is 52.5 Å². The second-order valence-corrected chi connectivity index (χ2v) is 6.13. The molecule has 0 atom stereocenters. The van der Waals surface area contributed by atoms with Crippen LogP contribution in [-0.2, 0) is 26.3 Å². The SMILES string of the molecule is CCc1nn(C)c(CC(=O)c2ccc3c(c2)CCN3)c1Br. The van der Waals surface area contributed by atoms with E-state index in [0.717, 1.165) is 46.5 Å².